The highest BCUT2D eigenvalue weighted by Crippen LogP contribution is 2.33. The molecule has 0 aliphatic heterocycles. The van der Waals surface area contributed by atoms with E-state index in [0.29, 0.717) is 5.69 Å². The Labute approximate surface area is 126 Å². The Morgan fingerprint density at radius 3 is 2.29 bits per heavy atom. The Hall–Kier alpha value is -1.87. The number of benzene rings is 2. The summed E-state index contributed by atoms with van der Waals surface area (Å²) in [6.07, 6.45) is 0. The molecule has 0 saturated carbocycles. The minimum absolute atomic E-state index is 0.0871. The zero-order valence-electron chi connectivity index (χ0n) is 13.4. The second-order valence-electron chi connectivity index (χ2n) is 5.59. The predicted molar refractivity (Wildman–Crippen MR) is 87.9 cm³/mol. The number of nitrogens with one attached hydrogen (secondary N) is 1. The molecule has 2 aromatic rings. The number of nitrogens with zero attached hydrogens (tertiary/aromatic N) is 1. The van der Waals surface area contributed by atoms with Gasteiger partial charge in [0.1, 0.15) is 5.82 Å². The number of hydrogen-bond acceptors (Lipinski definition) is 2. The summed E-state index contributed by atoms with van der Waals surface area (Å²) in [6, 6.07) is 11.6. The van der Waals surface area contributed by atoms with Crippen LogP contribution in [-0.4, -0.2) is 14.1 Å². The van der Waals surface area contributed by atoms with E-state index in [1.165, 1.54) is 17.2 Å². The van der Waals surface area contributed by atoms with Crippen LogP contribution in [0.15, 0.2) is 36.4 Å². The molecule has 1 N–H and O–H groups in total. The highest BCUT2D eigenvalue weighted by Gasteiger charge is 2.18. The lowest BCUT2D eigenvalue weighted by atomic mass is 10.0. The van der Waals surface area contributed by atoms with Gasteiger partial charge in [-0.25, -0.2) is 4.39 Å². The number of halogens is 1. The maximum Gasteiger partial charge on any atom is 0.147 e. The quantitative estimate of drug-likeness (QED) is 0.890. The first-order valence-corrected chi connectivity index (χ1v) is 7.21. The third-order valence-corrected chi connectivity index (χ3v) is 3.85. The number of anilines is 2. The molecule has 2 aromatic carbocycles. The molecule has 0 radical (unpaired) electrons. The third-order valence-electron chi connectivity index (χ3n) is 3.85. The van der Waals surface area contributed by atoms with Gasteiger partial charge in [0.15, 0.2) is 0 Å². The van der Waals surface area contributed by atoms with Gasteiger partial charge in [0.05, 0.1) is 5.69 Å². The van der Waals surface area contributed by atoms with Gasteiger partial charge in [-0.2, -0.15) is 0 Å². The summed E-state index contributed by atoms with van der Waals surface area (Å²) in [5.74, 6) is -0.198. The molecule has 112 valence electrons. The summed E-state index contributed by atoms with van der Waals surface area (Å²) in [5, 5.41) is 3.18. The van der Waals surface area contributed by atoms with Gasteiger partial charge in [-0.3, -0.25) is 0 Å². The maximum atomic E-state index is 14.4. The van der Waals surface area contributed by atoms with Gasteiger partial charge in [-0.15, -0.1) is 0 Å². The fourth-order valence-corrected chi connectivity index (χ4v) is 2.66. The zero-order chi connectivity index (χ0) is 15.6. The molecule has 0 bridgehead atoms. The molecular weight excluding hydrogens is 263 g/mol. The van der Waals surface area contributed by atoms with Crippen molar-refractivity contribution in [2.75, 3.05) is 19.0 Å². The summed E-state index contributed by atoms with van der Waals surface area (Å²) in [7, 11) is 3.80. The first-order chi connectivity index (χ1) is 9.93. The predicted octanol–water partition coefficient (Wildman–Crippen LogP) is 4.49. The lowest BCUT2D eigenvalue weighted by Crippen LogP contribution is -2.19. The van der Waals surface area contributed by atoms with E-state index in [0.717, 1.165) is 11.3 Å². The molecule has 2 rings (SSSR count). The van der Waals surface area contributed by atoms with E-state index in [1.54, 1.807) is 6.07 Å². The van der Waals surface area contributed by atoms with Crippen LogP contribution in [0.3, 0.4) is 0 Å². The Morgan fingerprint density at radius 1 is 1.10 bits per heavy atom. The second kappa shape index (κ2) is 6.27. The molecule has 3 heteroatoms. The van der Waals surface area contributed by atoms with Crippen molar-refractivity contribution in [1.29, 1.82) is 0 Å². The standard InChI is InChI=1S/C18H23FN2/c1-12-9-13(2)11-15(10-12)21(5)18-16(14(3)20-4)7-6-8-17(18)19/h6-11,14,20H,1-5H3. The topological polar surface area (TPSA) is 15.3 Å². The zero-order valence-corrected chi connectivity index (χ0v) is 13.4. The van der Waals surface area contributed by atoms with E-state index in [-0.39, 0.29) is 11.9 Å². The first-order valence-electron chi connectivity index (χ1n) is 7.21. The van der Waals surface area contributed by atoms with Crippen molar-refractivity contribution >= 4 is 11.4 Å². The van der Waals surface area contributed by atoms with Crippen LogP contribution < -0.4 is 10.2 Å². The molecule has 0 fully saturated rings. The highest BCUT2D eigenvalue weighted by molar-refractivity contribution is 5.68. The molecule has 2 nitrogen and oxygen atoms in total. The molecule has 21 heavy (non-hydrogen) atoms. The van der Waals surface area contributed by atoms with E-state index in [9.17, 15) is 4.39 Å². The summed E-state index contributed by atoms with van der Waals surface area (Å²) in [5.41, 5.74) is 4.94. The molecule has 0 saturated heterocycles. The number of hydrogen-bond donors (Lipinski definition) is 1. The molecule has 0 amide bonds. The van der Waals surface area contributed by atoms with Crippen molar-refractivity contribution in [2.45, 2.75) is 26.8 Å². The van der Waals surface area contributed by atoms with E-state index >= 15 is 0 Å². The Bertz CT molecular complexity index is 617. The molecule has 0 spiro atoms. The van der Waals surface area contributed by atoms with E-state index in [2.05, 4.69) is 37.4 Å². The smallest absolute Gasteiger partial charge is 0.147 e. The minimum atomic E-state index is -0.198. The summed E-state index contributed by atoms with van der Waals surface area (Å²) in [4.78, 5) is 1.93. The van der Waals surface area contributed by atoms with Gasteiger partial charge in [0.2, 0.25) is 0 Å². The van der Waals surface area contributed by atoms with Gasteiger partial charge in [-0.1, -0.05) is 18.2 Å². The average molecular weight is 286 g/mol. The summed E-state index contributed by atoms with van der Waals surface area (Å²) in [6.45, 7) is 6.15. The van der Waals surface area contributed by atoms with Gasteiger partial charge >= 0.3 is 0 Å². The number of para-hydroxylation sites is 1. The fraction of sp³-hybridized carbons (Fsp3) is 0.333. The van der Waals surface area contributed by atoms with Gasteiger partial charge < -0.3 is 10.2 Å². The molecule has 0 aliphatic rings. The molecule has 0 aromatic heterocycles. The third kappa shape index (κ3) is 3.24. The summed E-state index contributed by atoms with van der Waals surface area (Å²) < 4.78 is 14.4. The monoisotopic (exact) mass is 286 g/mol. The van der Waals surface area contributed by atoms with Crippen molar-refractivity contribution in [3.63, 3.8) is 0 Å². The van der Waals surface area contributed by atoms with E-state index in [4.69, 9.17) is 0 Å². The van der Waals surface area contributed by atoms with Crippen molar-refractivity contribution in [2.24, 2.45) is 0 Å². The van der Waals surface area contributed by atoms with Crippen LogP contribution >= 0.6 is 0 Å². The van der Waals surface area contributed by atoms with Gasteiger partial charge in [-0.05, 0) is 62.7 Å². The molecule has 1 unspecified atom stereocenters. The van der Waals surface area contributed by atoms with Crippen molar-refractivity contribution in [3.05, 3.63) is 58.9 Å². The molecular formula is C18H23FN2. The Kier molecular flexibility index (Phi) is 4.63. The van der Waals surface area contributed by atoms with Crippen LogP contribution in [0.25, 0.3) is 0 Å². The highest BCUT2D eigenvalue weighted by atomic mass is 19.1. The second-order valence-corrected chi connectivity index (χ2v) is 5.59. The molecule has 1 atom stereocenters. The van der Waals surface area contributed by atoms with E-state index < -0.39 is 0 Å². The SMILES string of the molecule is CNC(C)c1cccc(F)c1N(C)c1cc(C)cc(C)c1. The largest absolute Gasteiger partial charge is 0.342 e. The minimum Gasteiger partial charge on any atom is -0.342 e. The van der Waals surface area contributed by atoms with Crippen LogP contribution in [0.4, 0.5) is 15.8 Å². The Morgan fingerprint density at radius 2 is 1.71 bits per heavy atom. The van der Waals surface area contributed by atoms with Crippen LogP contribution in [0.1, 0.15) is 29.7 Å². The first kappa shape index (κ1) is 15.5. The van der Waals surface area contributed by atoms with Crippen LogP contribution in [0, 0.1) is 19.7 Å². The normalized spacial score (nSPS) is 12.3. The summed E-state index contributed by atoms with van der Waals surface area (Å²) >= 11 is 0. The van der Waals surface area contributed by atoms with Crippen molar-refractivity contribution < 1.29 is 4.39 Å². The molecule has 0 aliphatic carbocycles. The Balaban J connectivity index is 2.54. The van der Waals surface area contributed by atoms with Crippen molar-refractivity contribution in [1.82, 2.24) is 5.32 Å². The average Bonchev–Trinajstić information content (AvgIpc) is 2.44. The van der Waals surface area contributed by atoms with E-state index in [1.807, 2.05) is 32.0 Å². The number of aryl methyl sites for hydroxylation is 2. The van der Waals surface area contributed by atoms with Crippen molar-refractivity contribution in [3.8, 4) is 0 Å². The lowest BCUT2D eigenvalue weighted by Gasteiger charge is -2.26. The van der Waals surface area contributed by atoms with Crippen LogP contribution in [-0.2, 0) is 0 Å². The molecule has 0 heterocycles. The maximum absolute atomic E-state index is 14.4. The fourth-order valence-electron chi connectivity index (χ4n) is 2.66. The van der Waals surface area contributed by atoms with Crippen LogP contribution in [0.2, 0.25) is 0 Å². The lowest BCUT2D eigenvalue weighted by molar-refractivity contribution is 0.608. The number of rotatable bonds is 4. The van der Waals surface area contributed by atoms with Crippen LogP contribution in [0.5, 0.6) is 0 Å². The van der Waals surface area contributed by atoms with Gasteiger partial charge in [0.25, 0.3) is 0 Å². The van der Waals surface area contributed by atoms with Gasteiger partial charge in [0, 0.05) is 18.8 Å².